The van der Waals surface area contributed by atoms with Crippen molar-refractivity contribution in [1.82, 2.24) is 29.0 Å². The average Bonchev–Trinajstić information content (AvgIpc) is 3.84. The van der Waals surface area contributed by atoms with Crippen LogP contribution in [-0.2, 0) is 21.3 Å². The van der Waals surface area contributed by atoms with Crippen molar-refractivity contribution in [2.24, 2.45) is 0 Å². The van der Waals surface area contributed by atoms with Crippen LogP contribution in [0.2, 0.25) is 0 Å². The fraction of sp³-hybridized carbons (Fsp3) is 0.412. The fourth-order valence-corrected chi connectivity index (χ4v) is 7.29. The van der Waals surface area contributed by atoms with Crippen molar-refractivity contribution in [2.45, 2.75) is 62.5 Å². The fourth-order valence-electron chi connectivity index (χ4n) is 5.81. The van der Waals surface area contributed by atoms with Gasteiger partial charge in [0.25, 0.3) is 10.0 Å². The first kappa shape index (κ1) is 31.3. The summed E-state index contributed by atoms with van der Waals surface area (Å²) < 4.78 is 31.6. The Kier molecular flexibility index (Phi) is 9.17. The molecule has 3 N–H and O–H groups in total. The number of anilines is 3. The van der Waals surface area contributed by atoms with Crippen molar-refractivity contribution in [3.05, 3.63) is 77.9 Å². The molecule has 4 aromatic rings. The van der Waals surface area contributed by atoms with E-state index in [0.717, 1.165) is 79.4 Å². The van der Waals surface area contributed by atoms with Crippen LogP contribution < -0.4 is 10.6 Å². The maximum atomic E-state index is 12.6. The Bertz CT molecular complexity index is 1870. The Balaban J connectivity index is 1.09. The van der Waals surface area contributed by atoms with E-state index in [1.54, 1.807) is 18.5 Å². The Hall–Kier alpha value is -4.35. The molecule has 2 saturated carbocycles. The standard InChI is InChI=1S/C34H38N8O4S/c43-29-9-7-28(8-10-29)38-31-19-33(36-20-26(31)6-5-24-1-3-25(4-2-24)22-41-15-17-46-18-16-41)39-32-13-14-35-34(40-32)27-21-37-42(23-27)47(44,45)30-11-12-30/h1-4,13-14,19-21,23,28-30,43H,7-12,15-18,22H2,(H2,35,36,38,39,40)/t28-,29+. The summed E-state index contributed by atoms with van der Waals surface area (Å²) in [6.45, 7) is 4.37. The number of aliphatic hydroxyl groups excluding tert-OH is 1. The highest BCUT2D eigenvalue weighted by atomic mass is 32.2. The van der Waals surface area contributed by atoms with Gasteiger partial charge in [-0.15, -0.1) is 0 Å². The van der Waals surface area contributed by atoms with Gasteiger partial charge in [-0.05, 0) is 62.3 Å². The van der Waals surface area contributed by atoms with Gasteiger partial charge in [-0.25, -0.2) is 23.4 Å². The molecule has 13 heteroatoms. The Morgan fingerprint density at radius 3 is 2.49 bits per heavy atom. The Morgan fingerprint density at radius 1 is 0.936 bits per heavy atom. The normalized spacial score (nSPS) is 20.3. The van der Waals surface area contributed by atoms with Crippen LogP contribution in [0, 0.1) is 11.8 Å². The topological polar surface area (TPSA) is 147 Å². The second-order valence-electron chi connectivity index (χ2n) is 12.3. The highest BCUT2D eigenvalue weighted by molar-refractivity contribution is 7.90. The number of aliphatic hydroxyl groups is 1. The number of hydrogen-bond donors (Lipinski definition) is 3. The molecule has 244 valence electrons. The number of hydrogen-bond acceptors (Lipinski definition) is 11. The number of aromatic nitrogens is 5. The summed E-state index contributed by atoms with van der Waals surface area (Å²) in [5.74, 6) is 8.04. The van der Waals surface area contributed by atoms with Gasteiger partial charge in [0.15, 0.2) is 5.82 Å². The minimum absolute atomic E-state index is 0.211. The van der Waals surface area contributed by atoms with Crippen molar-refractivity contribution >= 4 is 27.3 Å². The second kappa shape index (κ2) is 13.8. The number of rotatable bonds is 9. The Labute approximate surface area is 274 Å². The van der Waals surface area contributed by atoms with Gasteiger partial charge in [-0.1, -0.05) is 24.0 Å². The third-order valence-corrected chi connectivity index (χ3v) is 10.7. The van der Waals surface area contributed by atoms with Crippen LogP contribution in [0.25, 0.3) is 11.4 Å². The van der Waals surface area contributed by atoms with E-state index in [0.29, 0.717) is 35.9 Å². The molecule has 3 fully saturated rings. The molecule has 0 radical (unpaired) electrons. The lowest BCUT2D eigenvalue weighted by molar-refractivity contribution is 0.0342. The van der Waals surface area contributed by atoms with Crippen molar-refractivity contribution in [3.8, 4) is 23.2 Å². The van der Waals surface area contributed by atoms with Crippen molar-refractivity contribution in [1.29, 1.82) is 0 Å². The summed E-state index contributed by atoms with van der Waals surface area (Å²) in [5, 5.41) is 20.6. The van der Waals surface area contributed by atoms with Crippen LogP contribution in [0.1, 0.15) is 55.2 Å². The summed E-state index contributed by atoms with van der Waals surface area (Å²) in [4.78, 5) is 16.0. The van der Waals surface area contributed by atoms with Gasteiger partial charge < -0.3 is 20.5 Å². The average molecular weight is 655 g/mol. The number of nitrogens with zero attached hydrogens (tertiary/aromatic N) is 6. The molecule has 7 rings (SSSR count). The predicted octanol–water partition coefficient (Wildman–Crippen LogP) is 3.77. The van der Waals surface area contributed by atoms with Crippen molar-refractivity contribution < 1.29 is 18.3 Å². The SMILES string of the molecule is O=S(=O)(C1CC1)n1cc(-c2nccc(Nc3cc(N[C@H]4CC[C@@H](O)CC4)c(C#Cc4ccc(CN5CCOCC5)cc4)cn3)n2)cn1. The van der Waals surface area contributed by atoms with Crippen LogP contribution in [0.4, 0.5) is 17.3 Å². The van der Waals surface area contributed by atoms with Crippen LogP contribution in [-0.4, -0.2) is 86.3 Å². The molecular weight excluding hydrogens is 616 g/mol. The first-order valence-electron chi connectivity index (χ1n) is 16.1. The predicted molar refractivity (Wildman–Crippen MR) is 179 cm³/mol. The van der Waals surface area contributed by atoms with Gasteiger partial charge in [0.1, 0.15) is 11.6 Å². The molecule has 0 spiro atoms. The molecule has 0 bridgehead atoms. The van der Waals surface area contributed by atoms with E-state index >= 15 is 0 Å². The molecule has 3 aromatic heterocycles. The third-order valence-electron chi connectivity index (χ3n) is 8.70. The van der Waals surface area contributed by atoms with Gasteiger partial charge in [-0.2, -0.15) is 9.19 Å². The molecule has 1 aliphatic heterocycles. The smallest absolute Gasteiger partial charge is 0.256 e. The number of morpholine rings is 1. The van der Waals surface area contributed by atoms with E-state index in [1.165, 1.54) is 18.0 Å². The van der Waals surface area contributed by atoms with E-state index in [2.05, 4.69) is 71.7 Å². The minimum Gasteiger partial charge on any atom is -0.393 e. The number of benzene rings is 1. The molecule has 4 heterocycles. The van der Waals surface area contributed by atoms with Crippen LogP contribution in [0.15, 0.2) is 61.2 Å². The lowest BCUT2D eigenvalue weighted by Crippen LogP contribution is -2.35. The van der Waals surface area contributed by atoms with E-state index in [4.69, 9.17) is 4.74 Å². The lowest BCUT2D eigenvalue weighted by Gasteiger charge is -2.27. The first-order chi connectivity index (χ1) is 22.9. The molecule has 1 saturated heterocycles. The van der Waals surface area contributed by atoms with Crippen LogP contribution in [0.5, 0.6) is 0 Å². The van der Waals surface area contributed by atoms with Crippen LogP contribution >= 0.6 is 0 Å². The highest BCUT2D eigenvalue weighted by Crippen LogP contribution is 2.31. The molecule has 47 heavy (non-hydrogen) atoms. The summed E-state index contributed by atoms with van der Waals surface area (Å²) >= 11 is 0. The largest absolute Gasteiger partial charge is 0.393 e. The molecule has 3 aliphatic rings. The second-order valence-corrected chi connectivity index (χ2v) is 14.4. The molecule has 1 aromatic carbocycles. The van der Waals surface area contributed by atoms with Crippen molar-refractivity contribution in [3.63, 3.8) is 0 Å². The zero-order chi connectivity index (χ0) is 32.2. The van der Waals surface area contributed by atoms with Crippen molar-refractivity contribution in [2.75, 3.05) is 36.9 Å². The van der Waals surface area contributed by atoms with Gasteiger partial charge in [0.2, 0.25) is 0 Å². The summed E-state index contributed by atoms with van der Waals surface area (Å²) in [6, 6.07) is 12.2. The molecule has 12 nitrogen and oxygen atoms in total. The van der Waals surface area contributed by atoms with Gasteiger partial charge in [0, 0.05) is 49.7 Å². The van der Waals surface area contributed by atoms with Gasteiger partial charge in [0.05, 0.1) is 53.8 Å². The molecule has 0 amide bonds. The maximum Gasteiger partial charge on any atom is 0.256 e. The number of ether oxygens (including phenoxy) is 1. The summed E-state index contributed by atoms with van der Waals surface area (Å²) in [6.07, 6.45) is 10.6. The van der Waals surface area contributed by atoms with E-state index in [1.807, 2.05) is 6.07 Å². The molecule has 0 atom stereocenters. The number of pyridine rings is 1. The van der Waals surface area contributed by atoms with Gasteiger partial charge in [-0.3, -0.25) is 4.90 Å². The summed E-state index contributed by atoms with van der Waals surface area (Å²) in [7, 11) is -3.48. The number of nitrogens with one attached hydrogen (secondary N) is 2. The Morgan fingerprint density at radius 2 is 1.72 bits per heavy atom. The molecule has 2 aliphatic carbocycles. The van der Waals surface area contributed by atoms with Gasteiger partial charge >= 0.3 is 0 Å². The zero-order valence-corrected chi connectivity index (χ0v) is 26.9. The quantitative estimate of drug-likeness (QED) is 0.227. The maximum absolute atomic E-state index is 12.6. The van der Waals surface area contributed by atoms with Crippen LogP contribution in [0.3, 0.4) is 0 Å². The van der Waals surface area contributed by atoms with E-state index in [9.17, 15) is 13.5 Å². The first-order valence-corrected chi connectivity index (χ1v) is 17.6. The molecule has 0 unspecified atom stereocenters. The third kappa shape index (κ3) is 7.80. The highest BCUT2D eigenvalue weighted by Gasteiger charge is 2.37. The lowest BCUT2D eigenvalue weighted by atomic mass is 9.93. The zero-order valence-electron chi connectivity index (χ0n) is 26.0. The summed E-state index contributed by atoms with van der Waals surface area (Å²) in [5.41, 5.74) is 4.30. The van der Waals surface area contributed by atoms with E-state index < -0.39 is 10.0 Å². The van der Waals surface area contributed by atoms with E-state index in [-0.39, 0.29) is 17.4 Å². The minimum atomic E-state index is -3.48. The molecular formula is C34H38N8O4S. The monoisotopic (exact) mass is 654 g/mol.